The van der Waals surface area contributed by atoms with Crippen molar-refractivity contribution < 1.29 is 0 Å². The standard InChI is InChI=1S/C16H17BrClN/c1-12(9-13-5-7-15(17)8-6-13)19-11-14-3-2-4-16(18)10-14/h2-8,10,12,19H,9,11H2,1H3. The van der Waals surface area contributed by atoms with E-state index >= 15 is 0 Å². The van der Waals surface area contributed by atoms with Crippen LogP contribution < -0.4 is 5.32 Å². The monoisotopic (exact) mass is 337 g/mol. The summed E-state index contributed by atoms with van der Waals surface area (Å²) in [6.07, 6.45) is 1.02. The first-order valence-electron chi connectivity index (χ1n) is 6.36. The Morgan fingerprint density at radius 1 is 1.11 bits per heavy atom. The Bertz CT molecular complexity index is 525. The summed E-state index contributed by atoms with van der Waals surface area (Å²) in [4.78, 5) is 0. The number of hydrogen-bond donors (Lipinski definition) is 1. The van der Waals surface area contributed by atoms with Gasteiger partial charge in [-0.25, -0.2) is 0 Å². The first-order chi connectivity index (χ1) is 9.13. The molecule has 0 aromatic heterocycles. The zero-order chi connectivity index (χ0) is 13.7. The van der Waals surface area contributed by atoms with Crippen molar-refractivity contribution in [1.82, 2.24) is 5.32 Å². The molecule has 2 aromatic carbocycles. The lowest BCUT2D eigenvalue weighted by molar-refractivity contribution is 0.545. The van der Waals surface area contributed by atoms with Gasteiger partial charge in [-0.15, -0.1) is 0 Å². The Kier molecular flexibility index (Phi) is 5.44. The Morgan fingerprint density at radius 2 is 1.84 bits per heavy atom. The molecule has 19 heavy (non-hydrogen) atoms. The van der Waals surface area contributed by atoms with Gasteiger partial charge in [0.05, 0.1) is 0 Å². The smallest absolute Gasteiger partial charge is 0.0409 e. The summed E-state index contributed by atoms with van der Waals surface area (Å²) in [6.45, 7) is 3.05. The molecule has 0 aliphatic heterocycles. The summed E-state index contributed by atoms with van der Waals surface area (Å²) in [5, 5.41) is 4.31. The van der Waals surface area contributed by atoms with Crippen LogP contribution in [0.2, 0.25) is 5.02 Å². The molecular weight excluding hydrogens is 322 g/mol. The molecule has 2 rings (SSSR count). The maximum Gasteiger partial charge on any atom is 0.0409 e. The molecule has 0 aliphatic carbocycles. The van der Waals surface area contributed by atoms with Crippen molar-refractivity contribution in [2.24, 2.45) is 0 Å². The molecule has 0 spiro atoms. The summed E-state index contributed by atoms with van der Waals surface area (Å²) >= 11 is 9.42. The topological polar surface area (TPSA) is 12.0 Å². The molecular formula is C16H17BrClN. The van der Waals surface area contributed by atoms with Gasteiger partial charge in [0.25, 0.3) is 0 Å². The van der Waals surface area contributed by atoms with E-state index in [1.54, 1.807) is 0 Å². The molecule has 1 unspecified atom stereocenters. The number of halogens is 2. The van der Waals surface area contributed by atoms with E-state index in [9.17, 15) is 0 Å². The largest absolute Gasteiger partial charge is 0.310 e. The van der Waals surface area contributed by atoms with Gasteiger partial charge in [-0.05, 0) is 48.7 Å². The summed E-state index contributed by atoms with van der Waals surface area (Å²) < 4.78 is 1.12. The highest BCUT2D eigenvalue weighted by Gasteiger charge is 2.03. The highest BCUT2D eigenvalue weighted by molar-refractivity contribution is 9.10. The van der Waals surface area contributed by atoms with Crippen molar-refractivity contribution in [2.45, 2.75) is 25.9 Å². The lowest BCUT2D eigenvalue weighted by Gasteiger charge is -2.14. The van der Waals surface area contributed by atoms with Crippen molar-refractivity contribution in [3.8, 4) is 0 Å². The number of hydrogen-bond acceptors (Lipinski definition) is 1. The molecule has 0 radical (unpaired) electrons. The molecule has 0 saturated carbocycles. The number of rotatable bonds is 5. The van der Waals surface area contributed by atoms with Crippen molar-refractivity contribution in [3.05, 3.63) is 69.2 Å². The molecule has 3 heteroatoms. The molecule has 1 nitrogen and oxygen atoms in total. The minimum atomic E-state index is 0.431. The van der Waals surface area contributed by atoms with Crippen molar-refractivity contribution in [2.75, 3.05) is 0 Å². The highest BCUT2D eigenvalue weighted by atomic mass is 79.9. The van der Waals surface area contributed by atoms with E-state index in [1.807, 2.05) is 18.2 Å². The van der Waals surface area contributed by atoms with Crippen LogP contribution >= 0.6 is 27.5 Å². The summed E-state index contributed by atoms with van der Waals surface area (Å²) in [7, 11) is 0. The van der Waals surface area contributed by atoms with E-state index in [1.165, 1.54) is 11.1 Å². The predicted octanol–water partition coefficient (Wildman–Crippen LogP) is 4.82. The van der Waals surface area contributed by atoms with Gasteiger partial charge in [-0.2, -0.15) is 0 Å². The molecule has 2 aromatic rings. The molecule has 0 amide bonds. The van der Waals surface area contributed by atoms with Gasteiger partial charge in [-0.3, -0.25) is 0 Å². The zero-order valence-electron chi connectivity index (χ0n) is 10.9. The average molecular weight is 339 g/mol. The molecule has 0 saturated heterocycles. The Morgan fingerprint density at radius 3 is 2.53 bits per heavy atom. The maximum absolute atomic E-state index is 5.97. The molecule has 100 valence electrons. The fraction of sp³-hybridized carbons (Fsp3) is 0.250. The number of benzene rings is 2. The van der Waals surface area contributed by atoms with Crippen LogP contribution in [0.5, 0.6) is 0 Å². The van der Waals surface area contributed by atoms with Gasteiger partial charge in [0, 0.05) is 22.1 Å². The second-order valence-electron chi connectivity index (χ2n) is 4.74. The molecule has 1 atom stereocenters. The van der Waals surface area contributed by atoms with Crippen molar-refractivity contribution in [1.29, 1.82) is 0 Å². The van der Waals surface area contributed by atoms with Gasteiger partial charge in [0.15, 0.2) is 0 Å². The third-order valence-electron chi connectivity index (χ3n) is 3.00. The molecule has 1 N–H and O–H groups in total. The SMILES string of the molecule is CC(Cc1ccc(Br)cc1)NCc1cccc(Cl)c1. The second kappa shape index (κ2) is 7.09. The Balaban J connectivity index is 1.84. The van der Waals surface area contributed by atoms with Crippen LogP contribution in [0.3, 0.4) is 0 Å². The van der Waals surface area contributed by atoms with Gasteiger partial charge in [0.2, 0.25) is 0 Å². The van der Waals surface area contributed by atoms with Crippen LogP contribution in [-0.4, -0.2) is 6.04 Å². The van der Waals surface area contributed by atoms with Gasteiger partial charge < -0.3 is 5.32 Å². The minimum Gasteiger partial charge on any atom is -0.310 e. The Hall–Kier alpha value is -0.830. The molecule has 0 bridgehead atoms. The van der Waals surface area contributed by atoms with E-state index in [-0.39, 0.29) is 0 Å². The third kappa shape index (κ3) is 4.98. The number of nitrogens with one attached hydrogen (secondary N) is 1. The fourth-order valence-electron chi connectivity index (χ4n) is 1.99. The second-order valence-corrected chi connectivity index (χ2v) is 6.09. The van der Waals surface area contributed by atoms with E-state index in [0.29, 0.717) is 6.04 Å². The van der Waals surface area contributed by atoms with Gasteiger partial charge in [0.1, 0.15) is 0 Å². The van der Waals surface area contributed by atoms with E-state index in [4.69, 9.17) is 11.6 Å². The van der Waals surface area contributed by atoms with Crippen LogP contribution in [0.4, 0.5) is 0 Å². The average Bonchev–Trinajstić information content (AvgIpc) is 2.39. The van der Waals surface area contributed by atoms with Gasteiger partial charge in [-0.1, -0.05) is 51.8 Å². The summed E-state index contributed by atoms with van der Waals surface area (Å²) in [6, 6.07) is 16.9. The lowest BCUT2D eigenvalue weighted by atomic mass is 10.1. The summed E-state index contributed by atoms with van der Waals surface area (Å²) in [5.74, 6) is 0. The normalized spacial score (nSPS) is 12.4. The van der Waals surface area contributed by atoms with E-state index in [0.717, 1.165) is 22.5 Å². The highest BCUT2D eigenvalue weighted by Crippen LogP contribution is 2.13. The molecule has 0 heterocycles. The van der Waals surface area contributed by atoms with E-state index in [2.05, 4.69) is 58.5 Å². The van der Waals surface area contributed by atoms with E-state index < -0.39 is 0 Å². The Labute approximate surface area is 128 Å². The van der Waals surface area contributed by atoms with Gasteiger partial charge >= 0.3 is 0 Å². The van der Waals surface area contributed by atoms with Crippen LogP contribution in [-0.2, 0) is 13.0 Å². The third-order valence-corrected chi connectivity index (χ3v) is 3.76. The predicted molar refractivity (Wildman–Crippen MR) is 85.6 cm³/mol. The fourth-order valence-corrected chi connectivity index (χ4v) is 2.46. The first kappa shape index (κ1) is 14.6. The van der Waals surface area contributed by atoms with Crippen LogP contribution in [0, 0.1) is 0 Å². The molecule has 0 aliphatic rings. The lowest BCUT2D eigenvalue weighted by Crippen LogP contribution is -2.27. The van der Waals surface area contributed by atoms with Crippen LogP contribution in [0.1, 0.15) is 18.1 Å². The maximum atomic E-state index is 5.97. The van der Waals surface area contributed by atoms with Crippen LogP contribution in [0.25, 0.3) is 0 Å². The van der Waals surface area contributed by atoms with Crippen molar-refractivity contribution >= 4 is 27.5 Å². The molecule has 0 fully saturated rings. The van der Waals surface area contributed by atoms with Crippen molar-refractivity contribution in [3.63, 3.8) is 0 Å². The first-order valence-corrected chi connectivity index (χ1v) is 7.53. The minimum absolute atomic E-state index is 0.431. The zero-order valence-corrected chi connectivity index (χ0v) is 13.2. The van der Waals surface area contributed by atoms with Crippen LogP contribution in [0.15, 0.2) is 53.0 Å². The quantitative estimate of drug-likeness (QED) is 0.824. The summed E-state index contributed by atoms with van der Waals surface area (Å²) in [5.41, 5.74) is 2.56.